The molecule has 0 amide bonds. The van der Waals surface area contributed by atoms with Gasteiger partial charge in [-0.1, -0.05) is 39.5 Å². The Morgan fingerprint density at radius 3 is 2.29 bits per heavy atom. The average Bonchev–Trinajstić information content (AvgIpc) is 2.98. The minimum absolute atomic E-state index is 0.0511. The van der Waals surface area contributed by atoms with E-state index in [0.717, 1.165) is 38.5 Å². The fourth-order valence-electron chi connectivity index (χ4n) is 6.48. The molecule has 12 heteroatoms. The van der Waals surface area contributed by atoms with Crippen LogP contribution < -0.4 is 0 Å². The number of aliphatic hydroxyl groups excluding tert-OH is 5. The topological polar surface area (TPSA) is 174 Å². The normalized spacial score (nSPS) is 46.4. The average molecular weight is 591 g/mol. The second-order valence-electron chi connectivity index (χ2n) is 11.9. The first kappa shape index (κ1) is 33.1. The van der Waals surface area contributed by atoms with Gasteiger partial charge in [0.2, 0.25) is 0 Å². The van der Waals surface area contributed by atoms with Crippen LogP contribution in [0.1, 0.15) is 78.6 Å². The van der Waals surface area contributed by atoms with E-state index in [2.05, 4.69) is 0 Å². The summed E-state index contributed by atoms with van der Waals surface area (Å²) in [4.78, 5) is 12.7. The highest BCUT2D eigenvalue weighted by molar-refractivity contribution is 5.82. The highest BCUT2D eigenvalue weighted by Gasteiger charge is 2.51. The lowest BCUT2D eigenvalue weighted by Crippen LogP contribution is -2.63. The zero-order valence-corrected chi connectivity index (χ0v) is 24.5. The lowest BCUT2D eigenvalue weighted by molar-refractivity contribution is -0.353. The highest BCUT2D eigenvalue weighted by atomic mass is 16.7. The Bertz CT molecular complexity index is 815. The summed E-state index contributed by atoms with van der Waals surface area (Å²) in [5, 5.41) is 52.2. The van der Waals surface area contributed by atoms with Gasteiger partial charge in [-0.15, -0.1) is 0 Å². The first-order valence-electron chi connectivity index (χ1n) is 15.4. The van der Waals surface area contributed by atoms with Gasteiger partial charge in [0.25, 0.3) is 0 Å². The Hall–Kier alpha value is -0.770. The number of ether oxygens (including phenoxy) is 6. The molecule has 41 heavy (non-hydrogen) atoms. The molecular formula is C29H50O12. The molecule has 14 atom stereocenters. The molecule has 5 N–H and O–H groups in total. The molecule has 0 aromatic carbocycles. The summed E-state index contributed by atoms with van der Waals surface area (Å²) >= 11 is 0. The maximum Gasteiger partial charge on any atom is 0.187 e. The van der Waals surface area contributed by atoms with Crippen LogP contribution in [-0.4, -0.2) is 124 Å². The van der Waals surface area contributed by atoms with Gasteiger partial charge in [0.15, 0.2) is 18.4 Å². The van der Waals surface area contributed by atoms with Gasteiger partial charge < -0.3 is 54.0 Å². The third-order valence-corrected chi connectivity index (χ3v) is 9.08. The molecule has 4 aliphatic rings. The number of carbonyl (C=O) groups is 1. The van der Waals surface area contributed by atoms with Crippen molar-refractivity contribution in [3.05, 3.63) is 0 Å². The van der Waals surface area contributed by atoms with E-state index < -0.39 is 86.3 Å². The summed E-state index contributed by atoms with van der Waals surface area (Å²) in [5.74, 6) is -0.00428. The van der Waals surface area contributed by atoms with Crippen molar-refractivity contribution in [3.63, 3.8) is 0 Å². The van der Waals surface area contributed by atoms with Gasteiger partial charge in [-0.3, -0.25) is 4.79 Å². The van der Waals surface area contributed by atoms with Crippen LogP contribution in [0.15, 0.2) is 0 Å². The summed E-state index contributed by atoms with van der Waals surface area (Å²) in [6.07, 6.45) is -6.58. The Morgan fingerprint density at radius 2 is 1.59 bits per heavy atom. The van der Waals surface area contributed by atoms with E-state index >= 15 is 0 Å². The van der Waals surface area contributed by atoms with E-state index in [1.807, 2.05) is 6.92 Å². The minimum Gasteiger partial charge on any atom is -0.394 e. The van der Waals surface area contributed by atoms with E-state index in [1.165, 1.54) is 0 Å². The number of fused-ring (bicyclic) bond motifs is 1. The van der Waals surface area contributed by atoms with E-state index in [9.17, 15) is 30.3 Å². The van der Waals surface area contributed by atoms with Crippen molar-refractivity contribution in [3.8, 4) is 0 Å². The largest absolute Gasteiger partial charge is 0.394 e. The van der Waals surface area contributed by atoms with Gasteiger partial charge in [-0.25, -0.2) is 0 Å². The summed E-state index contributed by atoms with van der Waals surface area (Å²) in [6.45, 7) is 5.33. The Morgan fingerprint density at radius 1 is 0.805 bits per heavy atom. The molecule has 0 spiro atoms. The SMILES string of the molecule is CCC(=O)C1CCCCCOC2C(OC3CCCC(CC)C3OC3OC(C)C(O)C(O)C3O)OC(CO)C(O)C2O1. The minimum atomic E-state index is -1.45. The molecule has 3 heterocycles. The number of aliphatic hydroxyl groups is 5. The van der Waals surface area contributed by atoms with E-state index in [0.29, 0.717) is 25.9 Å². The number of hydrogen-bond donors (Lipinski definition) is 5. The van der Waals surface area contributed by atoms with Crippen LogP contribution in [0.2, 0.25) is 0 Å². The molecule has 4 fully saturated rings. The second kappa shape index (κ2) is 15.3. The van der Waals surface area contributed by atoms with Crippen LogP contribution in [-0.2, 0) is 33.2 Å². The summed E-state index contributed by atoms with van der Waals surface area (Å²) in [5.41, 5.74) is 0. The predicted octanol–water partition coefficient (Wildman–Crippen LogP) is 0.565. The van der Waals surface area contributed by atoms with Gasteiger partial charge in [0, 0.05) is 13.0 Å². The molecule has 14 unspecified atom stereocenters. The molecule has 0 bridgehead atoms. The third kappa shape index (κ3) is 7.66. The van der Waals surface area contributed by atoms with Crippen LogP contribution in [0.25, 0.3) is 0 Å². The molecule has 0 aromatic rings. The molecule has 0 radical (unpaired) electrons. The Balaban J connectivity index is 1.57. The van der Waals surface area contributed by atoms with Crippen molar-refractivity contribution in [2.75, 3.05) is 13.2 Å². The van der Waals surface area contributed by atoms with Crippen molar-refractivity contribution in [1.29, 1.82) is 0 Å². The molecule has 0 aromatic heterocycles. The van der Waals surface area contributed by atoms with Crippen molar-refractivity contribution >= 4 is 5.78 Å². The molecule has 1 aliphatic carbocycles. The maximum atomic E-state index is 12.7. The van der Waals surface area contributed by atoms with Crippen LogP contribution in [0, 0.1) is 5.92 Å². The number of ketones is 1. The van der Waals surface area contributed by atoms with E-state index in [1.54, 1.807) is 13.8 Å². The van der Waals surface area contributed by atoms with Crippen molar-refractivity contribution in [1.82, 2.24) is 0 Å². The summed E-state index contributed by atoms with van der Waals surface area (Å²) in [7, 11) is 0. The Labute approximate surface area is 242 Å². The van der Waals surface area contributed by atoms with Crippen molar-refractivity contribution in [2.45, 2.75) is 158 Å². The standard InChI is InChI=1S/C29H50O12/c1-4-16-10-9-12-19(25(16)41-28-24(35)23(34)21(32)15(3)37-28)39-29-27-26(22(33)20(14-30)40-29)38-18(17(31)5-2)11-7-6-8-13-36-27/h15-16,18-30,32-35H,4-14H2,1-3H3. The van der Waals surface area contributed by atoms with Crippen molar-refractivity contribution in [2.24, 2.45) is 5.92 Å². The van der Waals surface area contributed by atoms with Gasteiger partial charge in [-0.05, 0) is 38.5 Å². The first-order chi connectivity index (χ1) is 19.7. The molecule has 4 rings (SSSR count). The molecule has 3 saturated heterocycles. The quantitative estimate of drug-likeness (QED) is 0.266. The molecule has 12 nitrogen and oxygen atoms in total. The number of carbonyl (C=O) groups excluding carboxylic acids is 1. The fourth-order valence-corrected chi connectivity index (χ4v) is 6.48. The van der Waals surface area contributed by atoms with Gasteiger partial charge in [0.05, 0.1) is 24.9 Å². The lowest BCUT2D eigenvalue weighted by Gasteiger charge is -2.48. The highest BCUT2D eigenvalue weighted by Crippen LogP contribution is 2.37. The number of rotatable bonds is 8. The van der Waals surface area contributed by atoms with Gasteiger partial charge in [0.1, 0.15) is 48.8 Å². The van der Waals surface area contributed by atoms with Crippen LogP contribution in [0.4, 0.5) is 0 Å². The van der Waals surface area contributed by atoms with E-state index in [4.69, 9.17) is 28.4 Å². The van der Waals surface area contributed by atoms with Gasteiger partial charge >= 0.3 is 0 Å². The Kier molecular flexibility index (Phi) is 12.4. The van der Waals surface area contributed by atoms with Gasteiger partial charge in [-0.2, -0.15) is 0 Å². The smallest absolute Gasteiger partial charge is 0.187 e. The van der Waals surface area contributed by atoms with Crippen LogP contribution in [0.3, 0.4) is 0 Å². The molecule has 1 saturated carbocycles. The maximum absolute atomic E-state index is 12.7. The monoisotopic (exact) mass is 590 g/mol. The number of Topliss-reactive ketones (excluding diaryl/α,β-unsaturated/α-hetero) is 1. The first-order valence-corrected chi connectivity index (χ1v) is 15.4. The fraction of sp³-hybridized carbons (Fsp3) is 0.966. The zero-order valence-electron chi connectivity index (χ0n) is 24.5. The molecule has 238 valence electrons. The summed E-state index contributed by atoms with van der Waals surface area (Å²) in [6, 6.07) is 0. The zero-order chi connectivity index (χ0) is 29.7. The second-order valence-corrected chi connectivity index (χ2v) is 11.9. The van der Waals surface area contributed by atoms with Crippen LogP contribution >= 0.6 is 0 Å². The number of hydrogen-bond acceptors (Lipinski definition) is 12. The summed E-state index contributed by atoms with van der Waals surface area (Å²) < 4.78 is 37.1. The lowest BCUT2D eigenvalue weighted by atomic mass is 9.82. The van der Waals surface area contributed by atoms with E-state index in [-0.39, 0.29) is 11.7 Å². The van der Waals surface area contributed by atoms with Crippen molar-refractivity contribution < 1.29 is 58.7 Å². The molecule has 3 aliphatic heterocycles. The van der Waals surface area contributed by atoms with Crippen LogP contribution in [0.5, 0.6) is 0 Å². The molecular weight excluding hydrogens is 540 g/mol. The predicted molar refractivity (Wildman–Crippen MR) is 144 cm³/mol. The third-order valence-electron chi connectivity index (χ3n) is 9.08.